The van der Waals surface area contributed by atoms with E-state index in [1.165, 1.54) is 12.1 Å². The van der Waals surface area contributed by atoms with Crippen LogP contribution in [-0.4, -0.2) is 11.4 Å². The Hall–Kier alpha value is -1.51. The zero-order valence-electron chi connectivity index (χ0n) is 8.65. The summed E-state index contributed by atoms with van der Waals surface area (Å²) in [5, 5.41) is 10.4. The fourth-order valence-corrected chi connectivity index (χ4v) is 2.06. The number of phenols is 1. The Bertz CT molecular complexity index is 580. The zero-order chi connectivity index (χ0) is 12.4. The van der Waals surface area contributed by atoms with Crippen LogP contribution in [0.25, 0.3) is 11.1 Å². The Morgan fingerprint density at radius 3 is 2.35 bits per heavy atom. The topological polar surface area (TPSA) is 37.3 Å². The standard InChI is InChI=1S/C13H8Cl2O2/c14-11-4-2-1-3-9(11)10-5-8(7-16)13(17)6-12(10)15/h1-7,17H. The van der Waals surface area contributed by atoms with Crippen molar-refractivity contribution in [2.24, 2.45) is 0 Å². The van der Waals surface area contributed by atoms with Gasteiger partial charge in [-0.05, 0) is 18.2 Å². The number of aldehydes is 1. The minimum Gasteiger partial charge on any atom is -0.507 e. The van der Waals surface area contributed by atoms with Gasteiger partial charge in [0.1, 0.15) is 5.75 Å². The summed E-state index contributed by atoms with van der Waals surface area (Å²) in [5.41, 5.74) is 1.53. The van der Waals surface area contributed by atoms with Crippen molar-refractivity contribution >= 4 is 29.5 Å². The van der Waals surface area contributed by atoms with Crippen molar-refractivity contribution in [3.05, 3.63) is 52.0 Å². The highest BCUT2D eigenvalue weighted by Crippen LogP contribution is 2.36. The fraction of sp³-hybridized carbons (Fsp3) is 0. The molecule has 0 aliphatic rings. The molecule has 2 rings (SSSR count). The molecule has 2 nitrogen and oxygen atoms in total. The SMILES string of the molecule is O=Cc1cc(-c2ccccc2Cl)c(Cl)cc1O. The predicted octanol–water partition coefficient (Wildman–Crippen LogP) is 4.18. The maximum atomic E-state index is 10.8. The first-order chi connectivity index (χ1) is 8.13. The van der Waals surface area contributed by atoms with Gasteiger partial charge in [-0.3, -0.25) is 4.79 Å². The lowest BCUT2D eigenvalue weighted by Crippen LogP contribution is -1.87. The van der Waals surface area contributed by atoms with E-state index in [1.54, 1.807) is 18.2 Å². The molecule has 0 atom stereocenters. The predicted molar refractivity (Wildman–Crippen MR) is 69.0 cm³/mol. The first-order valence-electron chi connectivity index (χ1n) is 4.86. The van der Waals surface area contributed by atoms with Crippen molar-refractivity contribution in [1.82, 2.24) is 0 Å². The molecule has 17 heavy (non-hydrogen) atoms. The van der Waals surface area contributed by atoms with Gasteiger partial charge < -0.3 is 5.11 Å². The van der Waals surface area contributed by atoms with Gasteiger partial charge in [0.25, 0.3) is 0 Å². The summed E-state index contributed by atoms with van der Waals surface area (Å²) in [7, 11) is 0. The van der Waals surface area contributed by atoms with Gasteiger partial charge in [-0.2, -0.15) is 0 Å². The maximum Gasteiger partial charge on any atom is 0.153 e. The zero-order valence-corrected chi connectivity index (χ0v) is 10.2. The van der Waals surface area contributed by atoms with E-state index < -0.39 is 0 Å². The largest absolute Gasteiger partial charge is 0.507 e. The normalized spacial score (nSPS) is 10.2. The van der Waals surface area contributed by atoms with Gasteiger partial charge in [0, 0.05) is 16.1 Å². The Kier molecular flexibility index (Phi) is 3.36. The van der Waals surface area contributed by atoms with Gasteiger partial charge in [0.2, 0.25) is 0 Å². The van der Waals surface area contributed by atoms with Crippen LogP contribution >= 0.6 is 23.2 Å². The van der Waals surface area contributed by atoms with Crippen molar-refractivity contribution in [2.45, 2.75) is 0 Å². The van der Waals surface area contributed by atoms with E-state index in [1.807, 2.05) is 6.07 Å². The van der Waals surface area contributed by atoms with E-state index >= 15 is 0 Å². The molecule has 0 unspecified atom stereocenters. The van der Waals surface area contributed by atoms with Crippen LogP contribution in [0.3, 0.4) is 0 Å². The molecule has 86 valence electrons. The van der Waals surface area contributed by atoms with Crippen LogP contribution in [0.5, 0.6) is 5.75 Å². The summed E-state index contributed by atoms with van der Waals surface area (Å²) in [6.45, 7) is 0. The molecular weight excluding hydrogens is 259 g/mol. The number of phenolic OH excluding ortho intramolecular Hbond substituents is 1. The number of hydrogen-bond donors (Lipinski definition) is 1. The van der Waals surface area contributed by atoms with Crippen LogP contribution < -0.4 is 0 Å². The second kappa shape index (κ2) is 4.78. The molecule has 0 aliphatic heterocycles. The molecule has 0 saturated carbocycles. The summed E-state index contributed by atoms with van der Waals surface area (Å²) >= 11 is 12.1. The molecule has 0 radical (unpaired) electrons. The molecule has 0 aromatic heterocycles. The highest BCUT2D eigenvalue weighted by molar-refractivity contribution is 6.36. The molecular formula is C13H8Cl2O2. The second-order valence-corrected chi connectivity index (χ2v) is 4.30. The molecule has 0 aliphatic carbocycles. The summed E-state index contributed by atoms with van der Waals surface area (Å²) in [6, 6.07) is 10.0. The number of carbonyl (C=O) groups is 1. The van der Waals surface area contributed by atoms with E-state index in [0.29, 0.717) is 21.9 Å². The summed E-state index contributed by atoms with van der Waals surface area (Å²) in [5.74, 6) is -0.138. The summed E-state index contributed by atoms with van der Waals surface area (Å²) in [4.78, 5) is 10.8. The molecule has 2 aromatic rings. The monoisotopic (exact) mass is 266 g/mol. The summed E-state index contributed by atoms with van der Waals surface area (Å²) in [6.07, 6.45) is 0.575. The number of carbonyl (C=O) groups excluding carboxylic acids is 1. The lowest BCUT2D eigenvalue weighted by atomic mass is 10.0. The smallest absolute Gasteiger partial charge is 0.153 e. The Morgan fingerprint density at radius 2 is 1.71 bits per heavy atom. The van der Waals surface area contributed by atoms with Gasteiger partial charge in [-0.15, -0.1) is 0 Å². The first kappa shape index (κ1) is 12.0. The van der Waals surface area contributed by atoms with E-state index in [4.69, 9.17) is 23.2 Å². The Labute approximate surface area is 108 Å². The molecule has 1 N–H and O–H groups in total. The van der Waals surface area contributed by atoms with Crippen LogP contribution in [0.2, 0.25) is 10.0 Å². The molecule has 4 heteroatoms. The molecule has 0 heterocycles. The van der Waals surface area contributed by atoms with Crippen molar-refractivity contribution in [1.29, 1.82) is 0 Å². The number of hydrogen-bond acceptors (Lipinski definition) is 2. The van der Waals surface area contributed by atoms with Crippen molar-refractivity contribution in [3.8, 4) is 16.9 Å². The van der Waals surface area contributed by atoms with Crippen molar-refractivity contribution < 1.29 is 9.90 Å². The van der Waals surface area contributed by atoms with E-state index in [-0.39, 0.29) is 11.3 Å². The third-order valence-corrected chi connectivity index (χ3v) is 3.05. The van der Waals surface area contributed by atoms with Gasteiger partial charge in [-0.1, -0.05) is 41.4 Å². The number of halogens is 2. The molecule has 2 aromatic carbocycles. The third-order valence-electron chi connectivity index (χ3n) is 2.41. The summed E-state index contributed by atoms with van der Waals surface area (Å²) < 4.78 is 0. The molecule has 0 fully saturated rings. The minimum atomic E-state index is -0.138. The quantitative estimate of drug-likeness (QED) is 0.829. The van der Waals surface area contributed by atoms with Gasteiger partial charge in [0.05, 0.1) is 10.6 Å². The van der Waals surface area contributed by atoms with Crippen LogP contribution in [-0.2, 0) is 0 Å². The van der Waals surface area contributed by atoms with Crippen molar-refractivity contribution in [2.75, 3.05) is 0 Å². The van der Waals surface area contributed by atoms with Crippen LogP contribution in [0.4, 0.5) is 0 Å². The van der Waals surface area contributed by atoms with E-state index in [0.717, 1.165) is 5.56 Å². The minimum absolute atomic E-state index is 0.138. The number of aromatic hydroxyl groups is 1. The maximum absolute atomic E-state index is 10.8. The average molecular weight is 267 g/mol. The van der Waals surface area contributed by atoms with Gasteiger partial charge in [-0.25, -0.2) is 0 Å². The molecule has 0 bridgehead atoms. The number of rotatable bonds is 2. The van der Waals surface area contributed by atoms with Crippen LogP contribution in [0.15, 0.2) is 36.4 Å². The van der Waals surface area contributed by atoms with Crippen LogP contribution in [0, 0.1) is 0 Å². The molecule has 0 saturated heterocycles. The second-order valence-electron chi connectivity index (χ2n) is 3.49. The number of benzene rings is 2. The third kappa shape index (κ3) is 2.28. The lowest BCUT2D eigenvalue weighted by molar-refractivity contribution is 0.112. The van der Waals surface area contributed by atoms with E-state index in [2.05, 4.69) is 0 Å². The van der Waals surface area contributed by atoms with Gasteiger partial charge in [0.15, 0.2) is 6.29 Å². The molecule has 0 amide bonds. The van der Waals surface area contributed by atoms with Crippen LogP contribution in [0.1, 0.15) is 10.4 Å². The Balaban J connectivity index is 2.68. The lowest BCUT2D eigenvalue weighted by Gasteiger charge is -2.08. The van der Waals surface area contributed by atoms with E-state index in [9.17, 15) is 9.90 Å². The highest BCUT2D eigenvalue weighted by Gasteiger charge is 2.11. The van der Waals surface area contributed by atoms with Gasteiger partial charge >= 0.3 is 0 Å². The molecule has 0 spiro atoms. The van der Waals surface area contributed by atoms with Crippen molar-refractivity contribution in [3.63, 3.8) is 0 Å². The Morgan fingerprint density at radius 1 is 1.00 bits per heavy atom. The fourth-order valence-electron chi connectivity index (χ4n) is 1.56. The highest BCUT2D eigenvalue weighted by atomic mass is 35.5. The first-order valence-corrected chi connectivity index (χ1v) is 5.61. The average Bonchev–Trinajstić information content (AvgIpc) is 2.31.